The summed E-state index contributed by atoms with van der Waals surface area (Å²) in [6.07, 6.45) is 6.75. The smallest absolute Gasteiger partial charge is 0.275 e. The van der Waals surface area contributed by atoms with Crippen molar-refractivity contribution >= 4 is 29.2 Å². The number of aryl methyl sites for hydroxylation is 1. The van der Waals surface area contributed by atoms with Gasteiger partial charge in [0.1, 0.15) is 11.5 Å². The predicted octanol–water partition coefficient (Wildman–Crippen LogP) is 4.15. The van der Waals surface area contributed by atoms with Crippen molar-refractivity contribution in [3.05, 3.63) is 52.8 Å². The summed E-state index contributed by atoms with van der Waals surface area (Å²) >= 11 is 6.40. The van der Waals surface area contributed by atoms with Crippen molar-refractivity contribution in [1.82, 2.24) is 24.5 Å². The molecule has 0 bridgehead atoms. The Bertz CT molecular complexity index is 1170. The van der Waals surface area contributed by atoms with Gasteiger partial charge in [0.2, 0.25) is 0 Å². The first-order chi connectivity index (χ1) is 15.5. The van der Waals surface area contributed by atoms with Crippen molar-refractivity contribution in [1.29, 1.82) is 0 Å². The molecule has 1 aliphatic heterocycles. The molecule has 1 aromatic carbocycles. The molecule has 2 amide bonds. The molecule has 1 N–H and O–H groups in total. The van der Waals surface area contributed by atoms with Crippen LogP contribution in [0.3, 0.4) is 0 Å². The molecule has 3 aromatic rings. The van der Waals surface area contributed by atoms with Crippen molar-refractivity contribution in [2.45, 2.75) is 38.1 Å². The lowest BCUT2D eigenvalue weighted by molar-refractivity contribution is 0.0648. The average Bonchev–Trinajstić information content (AvgIpc) is 3.46. The third-order valence-corrected chi connectivity index (χ3v) is 6.65. The first kappa shape index (κ1) is 20.8. The molecule has 0 unspecified atom stereocenters. The topological polar surface area (TPSA) is 85.1 Å². The van der Waals surface area contributed by atoms with E-state index >= 15 is 0 Å². The lowest BCUT2D eigenvalue weighted by atomic mass is 10.1. The molecule has 1 saturated heterocycles. The molecule has 9 heteroatoms. The zero-order valence-electron chi connectivity index (χ0n) is 17.9. The van der Waals surface area contributed by atoms with Gasteiger partial charge in [-0.05, 0) is 25.3 Å². The summed E-state index contributed by atoms with van der Waals surface area (Å²) in [5.74, 6) is 0.0645. The highest BCUT2D eigenvalue weighted by Gasteiger charge is 2.30. The van der Waals surface area contributed by atoms with E-state index in [-0.39, 0.29) is 23.6 Å². The van der Waals surface area contributed by atoms with Gasteiger partial charge in [0, 0.05) is 31.8 Å². The molecule has 0 atom stereocenters. The summed E-state index contributed by atoms with van der Waals surface area (Å²) in [4.78, 5) is 27.8. The van der Waals surface area contributed by atoms with Crippen LogP contribution in [0.1, 0.15) is 59.0 Å². The van der Waals surface area contributed by atoms with Crippen LogP contribution in [0.25, 0.3) is 11.3 Å². The molecule has 2 aromatic heterocycles. The number of hydrogen-bond acceptors (Lipinski definition) is 4. The number of rotatable bonds is 5. The Kier molecular flexibility index (Phi) is 5.46. The van der Waals surface area contributed by atoms with E-state index in [4.69, 9.17) is 16.7 Å². The number of likely N-dealkylation sites (tertiary alicyclic amines) is 1. The van der Waals surface area contributed by atoms with E-state index in [1.807, 2.05) is 35.0 Å². The molecule has 0 spiro atoms. The van der Waals surface area contributed by atoms with Crippen LogP contribution in [-0.2, 0) is 7.05 Å². The molecule has 3 heterocycles. The van der Waals surface area contributed by atoms with Crippen LogP contribution in [0.15, 0.2) is 36.5 Å². The van der Waals surface area contributed by atoms with Gasteiger partial charge in [-0.2, -0.15) is 10.2 Å². The second-order valence-electron chi connectivity index (χ2n) is 8.41. The molecular formula is C23H25ClN6O2. The van der Waals surface area contributed by atoms with Crippen LogP contribution in [0, 0.1) is 0 Å². The van der Waals surface area contributed by atoms with E-state index in [9.17, 15) is 9.59 Å². The third-order valence-electron chi connectivity index (χ3n) is 6.33. The van der Waals surface area contributed by atoms with E-state index in [2.05, 4.69) is 10.4 Å². The largest absolute Gasteiger partial charge is 0.338 e. The number of aromatic nitrogens is 4. The van der Waals surface area contributed by atoms with E-state index < -0.39 is 0 Å². The van der Waals surface area contributed by atoms with E-state index in [1.54, 1.807) is 11.9 Å². The summed E-state index contributed by atoms with van der Waals surface area (Å²) in [6, 6.07) is 9.60. The second-order valence-corrected chi connectivity index (χ2v) is 8.82. The minimum absolute atomic E-state index is 0.157. The van der Waals surface area contributed by atoms with Crippen LogP contribution < -0.4 is 5.32 Å². The first-order valence-corrected chi connectivity index (χ1v) is 11.4. The lowest BCUT2D eigenvalue weighted by Gasteiger charge is -2.30. The summed E-state index contributed by atoms with van der Waals surface area (Å²) < 4.78 is 3.35. The Balaban J connectivity index is 1.49. The number of amides is 2. The van der Waals surface area contributed by atoms with Crippen molar-refractivity contribution < 1.29 is 9.59 Å². The molecule has 2 fully saturated rings. The predicted molar refractivity (Wildman–Crippen MR) is 122 cm³/mol. The maximum Gasteiger partial charge on any atom is 0.275 e. The van der Waals surface area contributed by atoms with Gasteiger partial charge >= 0.3 is 0 Å². The van der Waals surface area contributed by atoms with Gasteiger partial charge in [0.05, 0.1) is 28.5 Å². The second kappa shape index (κ2) is 8.43. The Morgan fingerprint density at radius 3 is 2.56 bits per heavy atom. The molecule has 8 nitrogen and oxygen atoms in total. The van der Waals surface area contributed by atoms with Gasteiger partial charge in [-0.15, -0.1) is 0 Å². The van der Waals surface area contributed by atoms with Gasteiger partial charge in [-0.25, -0.2) is 4.68 Å². The van der Waals surface area contributed by atoms with E-state index in [0.717, 1.165) is 37.7 Å². The van der Waals surface area contributed by atoms with Crippen LogP contribution in [-0.4, -0.2) is 49.4 Å². The standard InChI is InChI=1S/C23H25ClN6O2/c1-28-21(17(14-25-28)23(32)29-11-6-12-29)22(31)26-20-13-19(16-9-4-5-10-18(16)24)27-30(20)15-7-2-3-8-15/h4-5,9-10,13-15H,2-3,6-8,11-12H2,1H3,(H,26,31). The number of anilines is 1. The van der Waals surface area contributed by atoms with Crippen LogP contribution in [0.4, 0.5) is 5.82 Å². The molecular weight excluding hydrogens is 428 g/mol. The molecule has 166 valence electrons. The van der Waals surface area contributed by atoms with Crippen molar-refractivity contribution in [3.8, 4) is 11.3 Å². The summed E-state index contributed by atoms with van der Waals surface area (Å²) in [6.45, 7) is 1.43. The van der Waals surface area contributed by atoms with Gasteiger partial charge in [-0.3, -0.25) is 14.3 Å². The first-order valence-electron chi connectivity index (χ1n) is 11.0. The number of nitrogens with zero attached hydrogens (tertiary/aromatic N) is 5. The highest BCUT2D eigenvalue weighted by Crippen LogP contribution is 2.35. The Morgan fingerprint density at radius 1 is 1.12 bits per heavy atom. The van der Waals surface area contributed by atoms with E-state index in [0.29, 0.717) is 35.2 Å². The number of carbonyl (C=O) groups is 2. The van der Waals surface area contributed by atoms with Crippen LogP contribution in [0.5, 0.6) is 0 Å². The highest BCUT2D eigenvalue weighted by molar-refractivity contribution is 6.33. The molecule has 2 aliphatic rings. The average molecular weight is 453 g/mol. The molecule has 5 rings (SSSR count). The van der Waals surface area contributed by atoms with Crippen molar-refractivity contribution in [2.24, 2.45) is 7.05 Å². The van der Waals surface area contributed by atoms with Crippen molar-refractivity contribution in [2.75, 3.05) is 18.4 Å². The Hall–Kier alpha value is -3.13. The number of halogens is 1. The SMILES string of the molecule is Cn1ncc(C(=O)N2CCC2)c1C(=O)Nc1cc(-c2ccccc2Cl)nn1C1CCCC1. The highest BCUT2D eigenvalue weighted by atomic mass is 35.5. The summed E-state index contributed by atoms with van der Waals surface area (Å²) in [7, 11) is 1.67. The minimum atomic E-state index is -0.376. The normalized spacial score (nSPS) is 16.2. The van der Waals surface area contributed by atoms with Crippen molar-refractivity contribution in [3.63, 3.8) is 0 Å². The van der Waals surface area contributed by atoms with Gasteiger partial charge < -0.3 is 10.2 Å². The quantitative estimate of drug-likeness (QED) is 0.630. The molecule has 1 aliphatic carbocycles. The molecule has 32 heavy (non-hydrogen) atoms. The molecule has 1 saturated carbocycles. The van der Waals surface area contributed by atoms with E-state index in [1.165, 1.54) is 10.9 Å². The van der Waals surface area contributed by atoms with Gasteiger partial charge in [-0.1, -0.05) is 42.6 Å². The summed E-state index contributed by atoms with van der Waals surface area (Å²) in [5, 5.41) is 12.6. The minimum Gasteiger partial charge on any atom is -0.338 e. The fourth-order valence-corrected chi connectivity index (χ4v) is 4.68. The van der Waals surface area contributed by atoms with Crippen LogP contribution >= 0.6 is 11.6 Å². The summed E-state index contributed by atoms with van der Waals surface area (Å²) in [5.41, 5.74) is 2.10. The maximum atomic E-state index is 13.3. The molecule has 0 radical (unpaired) electrons. The number of benzene rings is 1. The Labute approximate surface area is 191 Å². The fraction of sp³-hybridized carbons (Fsp3) is 0.391. The zero-order valence-corrected chi connectivity index (χ0v) is 18.7. The van der Waals surface area contributed by atoms with Gasteiger partial charge in [0.15, 0.2) is 0 Å². The lowest BCUT2D eigenvalue weighted by Crippen LogP contribution is -2.42. The van der Waals surface area contributed by atoms with Crippen LogP contribution in [0.2, 0.25) is 5.02 Å². The zero-order chi connectivity index (χ0) is 22.2. The number of hydrogen-bond donors (Lipinski definition) is 1. The fourth-order valence-electron chi connectivity index (χ4n) is 4.44. The van der Waals surface area contributed by atoms with Gasteiger partial charge in [0.25, 0.3) is 11.8 Å². The number of carbonyl (C=O) groups excluding carboxylic acids is 2. The third kappa shape index (κ3) is 3.68. The monoisotopic (exact) mass is 452 g/mol. The number of nitrogens with one attached hydrogen (secondary N) is 1. The Morgan fingerprint density at radius 2 is 1.88 bits per heavy atom. The maximum absolute atomic E-state index is 13.3.